The normalized spacial score (nSPS) is 30.6. The number of aliphatic hydroxyl groups is 2. The van der Waals surface area contributed by atoms with Crippen LogP contribution in [0, 0.1) is 0 Å². The van der Waals surface area contributed by atoms with Gasteiger partial charge in [0.05, 0.1) is 6.61 Å². The summed E-state index contributed by atoms with van der Waals surface area (Å²) >= 11 is 0.610. The van der Waals surface area contributed by atoms with Gasteiger partial charge in [0.2, 0.25) is 0 Å². The molecule has 1 aliphatic rings. The number of nitrogen functional groups attached to an aromatic ring is 1. The molecule has 18 heavy (non-hydrogen) atoms. The lowest BCUT2D eigenvalue weighted by Gasteiger charge is -2.34. The van der Waals surface area contributed by atoms with Crippen molar-refractivity contribution in [3.63, 3.8) is 0 Å². The van der Waals surface area contributed by atoms with E-state index in [4.69, 9.17) is 5.73 Å². The number of alkyl halides is 2. The molecule has 0 aromatic carbocycles. The number of aromatic nitrogens is 2. The van der Waals surface area contributed by atoms with E-state index in [2.05, 4.69) is 4.98 Å². The molecule has 2 heterocycles. The summed E-state index contributed by atoms with van der Waals surface area (Å²) in [7, 11) is 0. The van der Waals surface area contributed by atoms with Gasteiger partial charge in [0.15, 0.2) is 4.87 Å². The Balaban J connectivity index is 2.62. The average molecular weight is 279 g/mol. The van der Waals surface area contributed by atoms with Gasteiger partial charge < -0.3 is 15.9 Å². The zero-order valence-electron chi connectivity index (χ0n) is 9.08. The first kappa shape index (κ1) is 13.2. The summed E-state index contributed by atoms with van der Waals surface area (Å²) in [5, 5.41) is 18.6. The summed E-state index contributed by atoms with van der Waals surface area (Å²) in [5.74, 6) is -4.03. The summed E-state index contributed by atoms with van der Waals surface area (Å²) < 4.78 is 28.6. The Bertz CT molecular complexity index is 524. The Morgan fingerprint density at radius 2 is 2.33 bits per heavy atom. The Labute approximate surface area is 104 Å². The van der Waals surface area contributed by atoms with Crippen molar-refractivity contribution in [2.75, 3.05) is 18.1 Å². The molecule has 0 bridgehead atoms. The first-order chi connectivity index (χ1) is 8.35. The third-order valence-corrected chi connectivity index (χ3v) is 4.41. The van der Waals surface area contributed by atoms with Crippen LogP contribution >= 0.6 is 11.8 Å². The number of hydrogen-bond acceptors (Lipinski definition) is 6. The van der Waals surface area contributed by atoms with E-state index >= 15 is 0 Å². The van der Waals surface area contributed by atoms with Crippen molar-refractivity contribution in [2.24, 2.45) is 0 Å². The summed E-state index contributed by atoms with van der Waals surface area (Å²) in [6.45, 7) is -1.01. The Hall–Kier alpha value is -1.19. The number of halogens is 2. The van der Waals surface area contributed by atoms with Crippen molar-refractivity contribution < 1.29 is 19.0 Å². The number of nitrogens with two attached hydrogens (primary N) is 1. The highest BCUT2D eigenvalue weighted by molar-refractivity contribution is 8.00. The third-order valence-electron chi connectivity index (χ3n) is 2.85. The van der Waals surface area contributed by atoms with E-state index < -0.39 is 29.2 Å². The molecule has 1 fully saturated rings. The molecule has 9 heteroatoms. The molecule has 1 aromatic heterocycles. The molecule has 0 aliphatic carbocycles. The highest BCUT2D eigenvalue weighted by Gasteiger charge is 2.65. The second-order valence-corrected chi connectivity index (χ2v) is 5.19. The van der Waals surface area contributed by atoms with Crippen molar-refractivity contribution >= 4 is 17.6 Å². The van der Waals surface area contributed by atoms with E-state index in [1.807, 2.05) is 0 Å². The maximum atomic E-state index is 14.0. The molecule has 100 valence electrons. The van der Waals surface area contributed by atoms with Crippen LogP contribution in [0.2, 0.25) is 0 Å². The predicted octanol–water partition coefficient (Wildman–Crippen LogP) is -0.786. The van der Waals surface area contributed by atoms with Gasteiger partial charge in [0.25, 0.3) is 0 Å². The summed E-state index contributed by atoms with van der Waals surface area (Å²) in [6.07, 6.45) is -0.890. The van der Waals surface area contributed by atoms with Gasteiger partial charge in [-0.15, -0.1) is 11.8 Å². The van der Waals surface area contributed by atoms with Gasteiger partial charge in [0, 0.05) is 11.9 Å². The summed E-state index contributed by atoms with van der Waals surface area (Å²) in [5.41, 5.74) is 4.28. The zero-order valence-corrected chi connectivity index (χ0v) is 9.90. The van der Waals surface area contributed by atoms with Crippen LogP contribution in [0.4, 0.5) is 14.6 Å². The van der Waals surface area contributed by atoms with Crippen molar-refractivity contribution in [3.05, 3.63) is 22.7 Å². The fraction of sp³-hybridized carbons (Fsp3) is 0.556. The SMILES string of the molecule is Nc1ccn([C@]2(CO)SC[C@@H](O)C2(F)F)c(=O)n1. The van der Waals surface area contributed by atoms with E-state index in [1.165, 1.54) is 6.07 Å². The van der Waals surface area contributed by atoms with Crippen LogP contribution in [0.3, 0.4) is 0 Å². The van der Waals surface area contributed by atoms with E-state index in [-0.39, 0.29) is 11.6 Å². The lowest BCUT2D eigenvalue weighted by Crippen LogP contribution is -2.55. The minimum absolute atomic E-state index is 0.101. The molecular formula is C9H11F2N3O3S. The van der Waals surface area contributed by atoms with Gasteiger partial charge in [-0.1, -0.05) is 0 Å². The maximum absolute atomic E-state index is 14.0. The third kappa shape index (κ3) is 1.62. The zero-order chi connectivity index (χ0) is 13.6. The summed E-state index contributed by atoms with van der Waals surface area (Å²) in [6, 6.07) is 1.18. The molecule has 0 unspecified atom stereocenters. The van der Waals surface area contributed by atoms with E-state index in [9.17, 15) is 23.8 Å². The number of aliphatic hydroxyl groups excluding tert-OH is 2. The first-order valence-electron chi connectivity index (χ1n) is 5.01. The molecule has 6 nitrogen and oxygen atoms in total. The van der Waals surface area contributed by atoms with Gasteiger partial charge in [0.1, 0.15) is 11.9 Å². The van der Waals surface area contributed by atoms with Crippen LogP contribution in [0.15, 0.2) is 17.1 Å². The molecule has 0 spiro atoms. The first-order valence-corrected chi connectivity index (χ1v) is 6.00. The maximum Gasteiger partial charge on any atom is 0.350 e. The Kier molecular flexibility index (Phi) is 3.07. The van der Waals surface area contributed by atoms with Crippen LogP contribution in [-0.4, -0.2) is 44.2 Å². The van der Waals surface area contributed by atoms with Crippen molar-refractivity contribution in [1.82, 2.24) is 9.55 Å². The van der Waals surface area contributed by atoms with Crippen molar-refractivity contribution in [3.8, 4) is 0 Å². The quantitative estimate of drug-likeness (QED) is 0.656. The Morgan fingerprint density at radius 1 is 1.67 bits per heavy atom. The van der Waals surface area contributed by atoms with Crippen molar-refractivity contribution in [2.45, 2.75) is 16.9 Å². The number of anilines is 1. The van der Waals surface area contributed by atoms with E-state index in [0.29, 0.717) is 16.3 Å². The van der Waals surface area contributed by atoms with Gasteiger partial charge in [-0.05, 0) is 6.07 Å². The van der Waals surface area contributed by atoms with Gasteiger partial charge in [-0.3, -0.25) is 4.57 Å². The lowest BCUT2D eigenvalue weighted by atomic mass is 10.1. The molecule has 2 atom stereocenters. The minimum Gasteiger partial charge on any atom is -0.393 e. The van der Waals surface area contributed by atoms with Crippen molar-refractivity contribution in [1.29, 1.82) is 0 Å². The van der Waals surface area contributed by atoms with E-state index in [0.717, 1.165) is 6.20 Å². The van der Waals surface area contributed by atoms with Crippen LogP contribution in [0.1, 0.15) is 0 Å². The topological polar surface area (TPSA) is 101 Å². The molecule has 0 radical (unpaired) electrons. The monoisotopic (exact) mass is 279 g/mol. The molecule has 4 N–H and O–H groups in total. The summed E-state index contributed by atoms with van der Waals surface area (Å²) in [4.78, 5) is 12.7. The van der Waals surface area contributed by atoms with Crippen LogP contribution in [0.5, 0.6) is 0 Å². The van der Waals surface area contributed by atoms with Crippen LogP contribution in [0.25, 0.3) is 0 Å². The highest BCUT2D eigenvalue weighted by atomic mass is 32.2. The smallest absolute Gasteiger partial charge is 0.350 e. The van der Waals surface area contributed by atoms with Gasteiger partial charge in [-0.2, -0.15) is 13.8 Å². The second-order valence-electron chi connectivity index (χ2n) is 3.90. The molecule has 0 saturated carbocycles. The molecule has 1 saturated heterocycles. The number of hydrogen-bond donors (Lipinski definition) is 3. The number of rotatable bonds is 2. The largest absolute Gasteiger partial charge is 0.393 e. The Morgan fingerprint density at radius 3 is 2.78 bits per heavy atom. The van der Waals surface area contributed by atoms with Crippen LogP contribution in [-0.2, 0) is 4.87 Å². The van der Waals surface area contributed by atoms with Gasteiger partial charge >= 0.3 is 11.6 Å². The molecule has 1 aliphatic heterocycles. The average Bonchev–Trinajstić information content (AvgIpc) is 2.52. The molecule has 2 rings (SSSR count). The van der Waals surface area contributed by atoms with E-state index in [1.54, 1.807) is 0 Å². The molecular weight excluding hydrogens is 268 g/mol. The number of thioether (sulfide) groups is 1. The fourth-order valence-corrected chi connectivity index (χ4v) is 3.17. The second kappa shape index (κ2) is 4.18. The fourth-order valence-electron chi connectivity index (χ4n) is 1.83. The minimum atomic E-state index is -3.64. The molecule has 1 aromatic rings. The molecule has 0 amide bonds. The number of nitrogens with zero attached hydrogens (tertiary/aromatic N) is 2. The predicted molar refractivity (Wildman–Crippen MR) is 61.4 cm³/mol. The lowest BCUT2D eigenvalue weighted by molar-refractivity contribution is -0.146. The van der Waals surface area contributed by atoms with Crippen LogP contribution < -0.4 is 11.4 Å². The standard InChI is InChI=1S/C9H11F2N3O3S/c10-9(11)5(16)3-18-8(9,4-15)14-2-1-6(12)13-7(14)17/h1-2,5,15-16H,3-4H2,(H2,12,13,17)/t5-,8-/m1/s1. The highest BCUT2D eigenvalue weighted by Crippen LogP contribution is 2.52. The van der Waals surface area contributed by atoms with Gasteiger partial charge in [-0.25, -0.2) is 4.79 Å².